The largest absolute Gasteiger partial charge is 0.369 e. The molecule has 0 bridgehead atoms. The predicted molar refractivity (Wildman–Crippen MR) is 79.0 cm³/mol. The van der Waals surface area contributed by atoms with Crippen molar-refractivity contribution in [1.29, 1.82) is 0 Å². The summed E-state index contributed by atoms with van der Waals surface area (Å²) in [6, 6.07) is 1.87. The molecule has 0 radical (unpaired) electrons. The quantitative estimate of drug-likeness (QED) is 0.543. The molecule has 1 fully saturated rings. The summed E-state index contributed by atoms with van der Waals surface area (Å²) < 4.78 is 0. The first-order chi connectivity index (χ1) is 9.08. The Kier molecular flexibility index (Phi) is 4.24. The average molecular weight is 263 g/mol. The maximum atomic E-state index is 5.47. The van der Waals surface area contributed by atoms with Gasteiger partial charge in [-0.2, -0.15) is 0 Å². The van der Waals surface area contributed by atoms with Crippen molar-refractivity contribution in [1.82, 2.24) is 9.97 Å². The first-order valence-electron chi connectivity index (χ1n) is 7.18. The molecule has 0 aliphatic heterocycles. The monoisotopic (exact) mass is 263 g/mol. The summed E-state index contributed by atoms with van der Waals surface area (Å²) in [5, 5.41) is 3.46. The molecule has 0 spiro atoms. The molecule has 0 atom stereocenters. The second kappa shape index (κ2) is 5.74. The van der Waals surface area contributed by atoms with Crippen LogP contribution in [0.2, 0.25) is 0 Å². The van der Waals surface area contributed by atoms with Crippen LogP contribution in [0.3, 0.4) is 0 Å². The van der Waals surface area contributed by atoms with Gasteiger partial charge in [0, 0.05) is 18.5 Å². The van der Waals surface area contributed by atoms with Crippen molar-refractivity contribution >= 4 is 11.6 Å². The SMILES string of the molecule is CCC1(CNc2cc(NN)nc(C(C)C)n2)CCC1. The Labute approximate surface area is 115 Å². The third-order valence-corrected chi connectivity index (χ3v) is 4.22. The third kappa shape index (κ3) is 3.15. The fourth-order valence-corrected chi connectivity index (χ4v) is 2.50. The molecule has 2 rings (SSSR count). The normalized spacial score (nSPS) is 17.1. The molecule has 1 aliphatic rings. The van der Waals surface area contributed by atoms with Gasteiger partial charge in [-0.15, -0.1) is 0 Å². The van der Waals surface area contributed by atoms with Crippen LogP contribution in [0.4, 0.5) is 11.6 Å². The molecule has 1 aromatic heterocycles. The van der Waals surface area contributed by atoms with E-state index in [1.807, 2.05) is 6.07 Å². The summed E-state index contributed by atoms with van der Waals surface area (Å²) in [5.41, 5.74) is 3.08. The van der Waals surface area contributed by atoms with Gasteiger partial charge in [-0.3, -0.25) is 0 Å². The maximum absolute atomic E-state index is 5.47. The summed E-state index contributed by atoms with van der Waals surface area (Å²) in [4.78, 5) is 8.92. The van der Waals surface area contributed by atoms with Crippen LogP contribution >= 0.6 is 0 Å². The van der Waals surface area contributed by atoms with Gasteiger partial charge in [-0.05, 0) is 24.7 Å². The van der Waals surface area contributed by atoms with Crippen molar-refractivity contribution in [2.24, 2.45) is 11.3 Å². The molecule has 5 heteroatoms. The van der Waals surface area contributed by atoms with Crippen LogP contribution in [0.25, 0.3) is 0 Å². The third-order valence-electron chi connectivity index (χ3n) is 4.22. The first-order valence-corrected chi connectivity index (χ1v) is 7.18. The Bertz CT molecular complexity index is 420. The lowest BCUT2D eigenvalue weighted by atomic mass is 9.67. The fraction of sp³-hybridized carbons (Fsp3) is 0.714. The van der Waals surface area contributed by atoms with Crippen LogP contribution in [-0.2, 0) is 0 Å². The number of nitrogen functional groups attached to an aromatic ring is 1. The molecule has 19 heavy (non-hydrogen) atoms. The lowest BCUT2D eigenvalue weighted by Gasteiger charge is -2.41. The molecule has 0 aromatic carbocycles. The van der Waals surface area contributed by atoms with Gasteiger partial charge in [0.2, 0.25) is 0 Å². The van der Waals surface area contributed by atoms with Crippen molar-refractivity contribution in [3.8, 4) is 0 Å². The van der Waals surface area contributed by atoms with E-state index in [9.17, 15) is 0 Å². The molecule has 106 valence electrons. The van der Waals surface area contributed by atoms with E-state index < -0.39 is 0 Å². The van der Waals surface area contributed by atoms with Crippen molar-refractivity contribution in [3.63, 3.8) is 0 Å². The highest BCUT2D eigenvalue weighted by molar-refractivity contribution is 5.47. The van der Waals surface area contributed by atoms with Gasteiger partial charge >= 0.3 is 0 Å². The Morgan fingerprint density at radius 3 is 2.47 bits per heavy atom. The van der Waals surface area contributed by atoms with Gasteiger partial charge in [0.1, 0.15) is 17.5 Å². The van der Waals surface area contributed by atoms with Gasteiger partial charge in [0.05, 0.1) is 0 Å². The minimum atomic E-state index is 0.290. The molecule has 0 amide bonds. The topological polar surface area (TPSA) is 75.9 Å². The Hall–Kier alpha value is -1.36. The second-order valence-corrected chi connectivity index (χ2v) is 5.86. The highest BCUT2D eigenvalue weighted by Gasteiger charge is 2.34. The van der Waals surface area contributed by atoms with Gasteiger partial charge in [-0.1, -0.05) is 27.2 Å². The van der Waals surface area contributed by atoms with Crippen LogP contribution in [0.15, 0.2) is 6.07 Å². The van der Waals surface area contributed by atoms with Crippen molar-refractivity contribution in [3.05, 3.63) is 11.9 Å². The van der Waals surface area contributed by atoms with Gasteiger partial charge in [0.15, 0.2) is 0 Å². The van der Waals surface area contributed by atoms with Crippen LogP contribution in [-0.4, -0.2) is 16.5 Å². The second-order valence-electron chi connectivity index (χ2n) is 5.86. The zero-order chi connectivity index (χ0) is 13.9. The minimum absolute atomic E-state index is 0.290. The number of nitrogens with one attached hydrogen (secondary N) is 2. The molecule has 0 saturated heterocycles. The molecule has 1 saturated carbocycles. The molecule has 1 heterocycles. The highest BCUT2D eigenvalue weighted by atomic mass is 15.3. The highest BCUT2D eigenvalue weighted by Crippen LogP contribution is 2.43. The Balaban J connectivity index is 2.08. The number of nitrogens with zero attached hydrogens (tertiary/aromatic N) is 2. The smallest absolute Gasteiger partial charge is 0.145 e. The van der Waals surface area contributed by atoms with Crippen LogP contribution in [0, 0.1) is 5.41 Å². The van der Waals surface area contributed by atoms with Crippen molar-refractivity contribution in [2.75, 3.05) is 17.3 Å². The molecule has 4 N–H and O–H groups in total. The lowest BCUT2D eigenvalue weighted by molar-refractivity contribution is 0.145. The molecule has 1 aliphatic carbocycles. The zero-order valence-corrected chi connectivity index (χ0v) is 12.2. The van der Waals surface area contributed by atoms with E-state index >= 15 is 0 Å². The Morgan fingerprint density at radius 2 is 2.00 bits per heavy atom. The van der Waals surface area contributed by atoms with Crippen LogP contribution in [0.1, 0.15) is 58.2 Å². The zero-order valence-electron chi connectivity index (χ0n) is 12.2. The van der Waals surface area contributed by atoms with Crippen molar-refractivity contribution < 1.29 is 0 Å². The first kappa shape index (κ1) is 14.1. The van der Waals surface area contributed by atoms with Gasteiger partial charge in [-0.25, -0.2) is 15.8 Å². The van der Waals surface area contributed by atoms with Gasteiger partial charge < -0.3 is 10.7 Å². The molecule has 1 aromatic rings. The predicted octanol–water partition coefficient (Wildman–Crippen LogP) is 2.88. The lowest BCUT2D eigenvalue weighted by Crippen LogP contribution is -2.36. The van der Waals surface area contributed by atoms with E-state index in [4.69, 9.17) is 5.84 Å². The van der Waals surface area contributed by atoms with Crippen molar-refractivity contribution in [2.45, 2.75) is 52.4 Å². The molecular weight excluding hydrogens is 238 g/mol. The van der Waals surface area contributed by atoms with E-state index in [0.29, 0.717) is 11.2 Å². The van der Waals surface area contributed by atoms with Gasteiger partial charge in [0.25, 0.3) is 0 Å². The number of hydrogen-bond donors (Lipinski definition) is 3. The number of aromatic nitrogens is 2. The maximum Gasteiger partial charge on any atom is 0.145 e. The summed E-state index contributed by atoms with van der Waals surface area (Å²) in [5.74, 6) is 8.11. The van der Waals surface area contributed by atoms with E-state index in [0.717, 1.165) is 18.2 Å². The fourth-order valence-electron chi connectivity index (χ4n) is 2.50. The number of hydrazine groups is 1. The number of hydrogen-bond acceptors (Lipinski definition) is 5. The van der Waals surface area contributed by atoms with Crippen LogP contribution < -0.4 is 16.6 Å². The number of nitrogens with two attached hydrogens (primary N) is 1. The summed E-state index contributed by atoms with van der Waals surface area (Å²) in [6.45, 7) is 7.42. The van der Waals surface area contributed by atoms with E-state index in [2.05, 4.69) is 41.5 Å². The number of anilines is 2. The summed E-state index contributed by atoms with van der Waals surface area (Å²) in [6.07, 6.45) is 5.22. The van der Waals surface area contributed by atoms with E-state index in [1.54, 1.807) is 0 Å². The average Bonchev–Trinajstić information content (AvgIpc) is 2.37. The number of rotatable bonds is 6. The molecular formula is C14H25N5. The van der Waals surface area contributed by atoms with E-state index in [1.165, 1.54) is 25.7 Å². The summed E-state index contributed by atoms with van der Waals surface area (Å²) >= 11 is 0. The standard InChI is InChI=1S/C14H25N5/c1-4-14(6-5-7-14)9-16-11-8-12(19-15)18-13(17-11)10(2)3/h8,10H,4-7,9,15H2,1-3H3,(H2,16,17,18,19). The Morgan fingerprint density at radius 1 is 1.32 bits per heavy atom. The van der Waals surface area contributed by atoms with E-state index in [-0.39, 0.29) is 5.92 Å². The molecule has 5 nitrogen and oxygen atoms in total. The molecule has 0 unspecified atom stereocenters. The van der Waals surface area contributed by atoms with Crippen LogP contribution in [0.5, 0.6) is 0 Å². The summed E-state index contributed by atoms with van der Waals surface area (Å²) in [7, 11) is 0. The minimum Gasteiger partial charge on any atom is -0.369 e.